The molecule has 0 fully saturated rings. The Kier molecular flexibility index (Phi) is 4.79. The number of aromatic nitrogens is 4. The molecule has 4 rings (SSSR count). The molecule has 2 aromatic heterocycles. The Labute approximate surface area is 165 Å². The van der Waals surface area contributed by atoms with Gasteiger partial charge >= 0.3 is 0 Å². The van der Waals surface area contributed by atoms with E-state index in [-0.39, 0.29) is 5.82 Å². The van der Waals surface area contributed by atoms with Crippen molar-refractivity contribution in [1.29, 1.82) is 0 Å². The minimum atomic E-state index is -0.319. The van der Waals surface area contributed by atoms with Crippen LogP contribution in [0.15, 0.2) is 47.8 Å². The van der Waals surface area contributed by atoms with Crippen molar-refractivity contribution in [3.05, 3.63) is 59.2 Å². The van der Waals surface area contributed by atoms with Crippen LogP contribution >= 0.6 is 11.3 Å². The van der Waals surface area contributed by atoms with Crippen LogP contribution in [-0.2, 0) is 0 Å². The van der Waals surface area contributed by atoms with Crippen molar-refractivity contribution in [3.63, 3.8) is 0 Å². The van der Waals surface area contributed by atoms with E-state index in [9.17, 15) is 4.39 Å². The summed E-state index contributed by atoms with van der Waals surface area (Å²) in [7, 11) is 0. The smallest absolute Gasteiger partial charge is 0.165 e. The maximum atomic E-state index is 13.9. The van der Waals surface area contributed by atoms with Gasteiger partial charge in [-0.15, -0.1) is 16.4 Å². The number of nitrogens with zero attached hydrogens (tertiary/aromatic N) is 4. The van der Waals surface area contributed by atoms with Gasteiger partial charge in [-0.3, -0.25) is 0 Å². The lowest BCUT2D eigenvalue weighted by atomic mass is 10.2. The molecule has 0 atom stereocenters. The van der Waals surface area contributed by atoms with Gasteiger partial charge in [0.1, 0.15) is 16.6 Å². The van der Waals surface area contributed by atoms with E-state index < -0.39 is 0 Å². The van der Waals surface area contributed by atoms with Crippen LogP contribution in [0, 0.1) is 12.7 Å². The molecule has 2 aromatic carbocycles. The second kappa shape index (κ2) is 7.40. The number of thiazole rings is 1. The summed E-state index contributed by atoms with van der Waals surface area (Å²) in [6.07, 6.45) is 0. The SMILES string of the molecule is CCOc1ccc(-c2csc(-c3nnn(-c4ccc(C)c(F)c4)c3N)n2)cc1. The Morgan fingerprint density at radius 1 is 1.18 bits per heavy atom. The van der Waals surface area contributed by atoms with Crippen LogP contribution in [0.1, 0.15) is 12.5 Å². The molecular weight excluding hydrogens is 377 g/mol. The van der Waals surface area contributed by atoms with Gasteiger partial charge in [0, 0.05) is 10.9 Å². The number of halogens is 1. The van der Waals surface area contributed by atoms with Crippen molar-refractivity contribution in [3.8, 4) is 33.4 Å². The van der Waals surface area contributed by atoms with Gasteiger partial charge in [0.05, 0.1) is 18.0 Å². The van der Waals surface area contributed by atoms with Crippen LogP contribution in [0.2, 0.25) is 0 Å². The lowest BCUT2D eigenvalue weighted by Gasteiger charge is -2.04. The van der Waals surface area contributed by atoms with Crippen LogP contribution in [0.25, 0.3) is 27.6 Å². The number of nitrogen functional groups attached to an aromatic ring is 1. The zero-order valence-corrected chi connectivity index (χ0v) is 16.2. The van der Waals surface area contributed by atoms with E-state index in [1.807, 2.05) is 36.6 Å². The zero-order valence-electron chi connectivity index (χ0n) is 15.4. The number of anilines is 1. The Bertz CT molecular complexity index is 1120. The molecule has 28 heavy (non-hydrogen) atoms. The first-order valence-electron chi connectivity index (χ1n) is 8.73. The molecule has 6 nitrogen and oxygen atoms in total. The predicted octanol–water partition coefficient (Wildman–Crippen LogP) is 4.49. The van der Waals surface area contributed by atoms with Gasteiger partial charge in [-0.1, -0.05) is 11.3 Å². The van der Waals surface area contributed by atoms with Gasteiger partial charge < -0.3 is 10.5 Å². The lowest BCUT2D eigenvalue weighted by molar-refractivity contribution is 0.340. The average molecular weight is 395 g/mol. The van der Waals surface area contributed by atoms with Gasteiger partial charge in [-0.2, -0.15) is 4.68 Å². The highest BCUT2D eigenvalue weighted by atomic mass is 32.1. The third-order valence-electron chi connectivity index (χ3n) is 4.27. The van der Waals surface area contributed by atoms with Crippen LogP contribution < -0.4 is 10.5 Å². The van der Waals surface area contributed by atoms with Crippen LogP contribution in [0.4, 0.5) is 10.2 Å². The molecule has 142 valence electrons. The first-order valence-corrected chi connectivity index (χ1v) is 9.61. The summed E-state index contributed by atoms with van der Waals surface area (Å²) in [5, 5.41) is 10.8. The van der Waals surface area contributed by atoms with Crippen LogP contribution in [0.3, 0.4) is 0 Å². The molecule has 2 heterocycles. The molecule has 0 radical (unpaired) electrons. The summed E-state index contributed by atoms with van der Waals surface area (Å²) in [5.41, 5.74) is 9.56. The zero-order chi connectivity index (χ0) is 19.7. The van der Waals surface area contributed by atoms with Crippen molar-refractivity contribution in [2.75, 3.05) is 12.3 Å². The molecule has 8 heteroatoms. The number of rotatable bonds is 5. The molecule has 2 N–H and O–H groups in total. The maximum absolute atomic E-state index is 13.9. The van der Waals surface area contributed by atoms with E-state index >= 15 is 0 Å². The second-order valence-corrected chi connectivity index (χ2v) is 7.02. The van der Waals surface area contributed by atoms with Gasteiger partial charge in [0.25, 0.3) is 0 Å². The van der Waals surface area contributed by atoms with Gasteiger partial charge in [0.15, 0.2) is 11.5 Å². The van der Waals surface area contributed by atoms with E-state index in [4.69, 9.17) is 10.5 Å². The van der Waals surface area contributed by atoms with Gasteiger partial charge in [0.2, 0.25) is 0 Å². The number of hydrogen-bond acceptors (Lipinski definition) is 6. The molecule has 0 aliphatic carbocycles. The summed E-state index contributed by atoms with van der Waals surface area (Å²) >= 11 is 1.43. The van der Waals surface area contributed by atoms with Crippen molar-refractivity contribution in [1.82, 2.24) is 20.0 Å². The molecule has 0 bridgehead atoms. The Balaban J connectivity index is 1.64. The third-order valence-corrected chi connectivity index (χ3v) is 5.12. The molecule has 0 aliphatic rings. The third kappa shape index (κ3) is 3.34. The van der Waals surface area contributed by atoms with Crippen molar-refractivity contribution >= 4 is 17.2 Å². The fraction of sp³-hybridized carbons (Fsp3) is 0.150. The monoisotopic (exact) mass is 395 g/mol. The van der Waals surface area contributed by atoms with E-state index in [0.717, 1.165) is 17.0 Å². The van der Waals surface area contributed by atoms with E-state index in [0.29, 0.717) is 34.4 Å². The maximum Gasteiger partial charge on any atom is 0.165 e. The summed E-state index contributed by atoms with van der Waals surface area (Å²) in [6.45, 7) is 4.27. The van der Waals surface area contributed by atoms with Gasteiger partial charge in [-0.25, -0.2) is 9.37 Å². The van der Waals surface area contributed by atoms with E-state index in [1.54, 1.807) is 19.1 Å². The highest BCUT2D eigenvalue weighted by Gasteiger charge is 2.17. The Morgan fingerprint density at radius 3 is 2.68 bits per heavy atom. The predicted molar refractivity (Wildman–Crippen MR) is 108 cm³/mol. The summed E-state index contributed by atoms with van der Waals surface area (Å²) < 4.78 is 20.8. The Hall–Kier alpha value is -3.26. The molecule has 0 spiro atoms. The fourth-order valence-electron chi connectivity index (χ4n) is 2.75. The van der Waals surface area contributed by atoms with Gasteiger partial charge in [-0.05, 0) is 55.8 Å². The number of benzene rings is 2. The second-order valence-electron chi connectivity index (χ2n) is 6.16. The van der Waals surface area contributed by atoms with Crippen molar-refractivity contribution in [2.45, 2.75) is 13.8 Å². The summed E-state index contributed by atoms with van der Waals surface area (Å²) in [6, 6.07) is 12.6. The minimum absolute atomic E-state index is 0.316. The Morgan fingerprint density at radius 2 is 1.96 bits per heavy atom. The first kappa shape index (κ1) is 18.1. The summed E-state index contributed by atoms with van der Waals surface area (Å²) in [4.78, 5) is 4.63. The number of ether oxygens (including phenoxy) is 1. The standard InChI is InChI=1S/C20H18FN5OS/c1-3-27-15-8-5-13(6-9-15)17-11-28-20(23-17)18-19(22)26(25-24-18)14-7-4-12(2)16(21)10-14/h4-11H,3,22H2,1-2H3. The van der Waals surface area contributed by atoms with Crippen LogP contribution in [-0.4, -0.2) is 26.6 Å². The van der Waals surface area contributed by atoms with Crippen molar-refractivity contribution < 1.29 is 9.13 Å². The molecule has 0 aliphatic heterocycles. The lowest BCUT2D eigenvalue weighted by Crippen LogP contribution is -2.03. The number of hydrogen-bond donors (Lipinski definition) is 1. The quantitative estimate of drug-likeness (QED) is 0.539. The van der Waals surface area contributed by atoms with E-state index in [1.165, 1.54) is 22.1 Å². The normalized spacial score (nSPS) is 11.0. The van der Waals surface area contributed by atoms with Crippen molar-refractivity contribution in [2.24, 2.45) is 0 Å². The number of nitrogens with two attached hydrogens (primary N) is 1. The highest BCUT2D eigenvalue weighted by Crippen LogP contribution is 2.32. The topological polar surface area (TPSA) is 78.9 Å². The minimum Gasteiger partial charge on any atom is -0.494 e. The van der Waals surface area contributed by atoms with E-state index in [2.05, 4.69) is 15.3 Å². The first-order chi connectivity index (χ1) is 13.6. The molecule has 4 aromatic rings. The molecule has 0 unspecified atom stereocenters. The number of aryl methyl sites for hydroxylation is 1. The molecule has 0 amide bonds. The highest BCUT2D eigenvalue weighted by molar-refractivity contribution is 7.13. The molecular formula is C20H18FN5OS. The summed E-state index contributed by atoms with van der Waals surface area (Å²) in [5.74, 6) is 0.816. The average Bonchev–Trinajstić information content (AvgIpc) is 3.32. The molecule has 0 saturated carbocycles. The largest absolute Gasteiger partial charge is 0.494 e. The fourth-order valence-corrected chi connectivity index (χ4v) is 3.57. The van der Waals surface area contributed by atoms with Crippen LogP contribution in [0.5, 0.6) is 5.75 Å². The molecule has 0 saturated heterocycles.